The van der Waals surface area contributed by atoms with E-state index < -0.39 is 5.60 Å². The molecular weight excluding hydrogens is 336 g/mol. The number of allylic oxidation sites excluding steroid dienone is 1. The molecule has 0 spiro atoms. The molecule has 3 saturated carbocycles. The molecule has 25 heavy (non-hydrogen) atoms. The minimum absolute atomic E-state index is 0.0200. The molecule has 6 atom stereocenters. The molecule has 4 heteroatoms. The first kappa shape index (κ1) is 17.7. The molecule has 0 bridgehead atoms. The second-order valence-electron chi connectivity index (χ2n) is 9.46. The second-order valence-corrected chi connectivity index (χ2v) is 9.84. The van der Waals surface area contributed by atoms with Crippen LogP contribution in [0.25, 0.3) is 0 Å². The maximum Gasteiger partial charge on any atom is 0.174 e. The van der Waals surface area contributed by atoms with Gasteiger partial charge in [0.25, 0.3) is 0 Å². The van der Waals surface area contributed by atoms with Gasteiger partial charge in [-0.05, 0) is 80.6 Å². The lowest BCUT2D eigenvalue weighted by atomic mass is 9.46. The van der Waals surface area contributed by atoms with Crippen molar-refractivity contribution in [2.75, 3.05) is 0 Å². The van der Waals surface area contributed by atoms with Gasteiger partial charge in [-0.2, -0.15) is 0 Å². The topological polar surface area (TPSA) is 54.4 Å². The van der Waals surface area contributed by atoms with E-state index in [0.29, 0.717) is 35.6 Å². The van der Waals surface area contributed by atoms with Crippen LogP contribution in [0, 0.1) is 28.6 Å². The molecule has 138 valence electrons. The second kappa shape index (κ2) is 5.42. The van der Waals surface area contributed by atoms with Crippen LogP contribution in [0.5, 0.6) is 0 Å². The van der Waals surface area contributed by atoms with E-state index in [2.05, 4.69) is 13.8 Å². The average Bonchev–Trinajstić information content (AvgIpc) is 2.84. The summed E-state index contributed by atoms with van der Waals surface area (Å²) in [5.74, 6) is 1.49. The van der Waals surface area contributed by atoms with E-state index in [1.165, 1.54) is 5.57 Å². The van der Waals surface area contributed by atoms with Gasteiger partial charge in [0.2, 0.25) is 0 Å². The highest BCUT2D eigenvalue weighted by Gasteiger charge is 2.65. The van der Waals surface area contributed by atoms with Crippen molar-refractivity contribution in [1.29, 1.82) is 0 Å². The molecule has 0 radical (unpaired) electrons. The van der Waals surface area contributed by atoms with E-state index in [-0.39, 0.29) is 22.4 Å². The molecular formula is C21H29ClO3. The van der Waals surface area contributed by atoms with Crippen LogP contribution in [-0.4, -0.2) is 22.3 Å². The quantitative estimate of drug-likeness (QED) is 0.750. The summed E-state index contributed by atoms with van der Waals surface area (Å²) in [5.41, 5.74) is -0.243. The van der Waals surface area contributed by atoms with Gasteiger partial charge in [-0.25, -0.2) is 0 Å². The molecule has 4 aliphatic carbocycles. The van der Waals surface area contributed by atoms with E-state index in [1.54, 1.807) is 6.92 Å². The van der Waals surface area contributed by atoms with Crippen LogP contribution < -0.4 is 0 Å². The van der Waals surface area contributed by atoms with E-state index >= 15 is 0 Å². The maximum absolute atomic E-state index is 12.2. The first-order valence-corrected chi connectivity index (χ1v) is 10.2. The van der Waals surface area contributed by atoms with E-state index in [9.17, 15) is 14.7 Å². The summed E-state index contributed by atoms with van der Waals surface area (Å²) >= 11 is 6.43. The Hall–Kier alpha value is -0.670. The Labute approximate surface area is 155 Å². The third kappa shape index (κ3) is 2.09. The van der Waals surface area contributed by atoms with Gasteiger partial charge in [-0.15, -0.1) is 0 Å². The largest absolute Gasteiger partial charge is 0.382 e. The summed E-state index contributed by atoms with van der Waals surface area (Å²) in [5, 5.41) is 11.7. The smallest absolute Gasteiger partial charge is 0.174 e. The summed E-state index contributed by atoms with van der Waals surface area (Å²) in [6.07, 6.45) is 6.84. The van der Waals surface area contributed by atoms with Crippen molar-refractivity contribution in [1.82, 2.24) is 0 Å². The van der Waals surface area contributed by atoms with Crippen molar-refractivity contribution >= 4 is 23.2 Å². The van der Waals surface area contributed by atoms with Gasteiger partial charge in [0.1, 0.15) is 5.60 Å². The van der Waals surface area contributed by atoms with Crippen molar-refractivity contribution < 1.29 is 14.7 Å². The Bertz CT molecular complexity index is 683. The van der Waals surface area contributed by atoms with Crippen molar-refractivity contribution in [3.63, 3.8) is 0 Å². The van der Waals surface area contributed by atoms with Gasteiger partial charge in [0.15, 0.2) is 11.6 Å². The van der Waals surface area contributed by atoms with Gasteiger partial charge in [-0.3, -0.25) is 9.59 Å². The molecule has 0 aliphatic heterocycles. The molecule has 0 aromatic heterocycles. The molecule has 0 aromatic rings. The Morgan fingerprint density at radius 2 is 1.76 bits per heavy atom. The van der Waals surface area contributed by atoms with Crippen LogP contribution in [0.1, 0.15) is 72.1 Å². The fraction of sp³-hybridized carbons (Fsp3) is 0.810. The minimum Gasteiger partial charge on any atom is -0.382 e. The van der Waals surface area contributed by atoms with Crippen molar-refractivity contribution in [3.05, 3.63) is 10.6 Å². The van der Waals surface area contributed by atoms with Crippen LogP contribution in [-0.2, 0) is 9.59 Å². The number of rotatable bonds is 1. The van der Waals surface area contributed by atoms with Gasteiger partial charge in [-0.1, -0.05) is 25.4 Å². The molecule has 3 fully saturated rings. The molecule has 0 aromatic carbocycles. The number of hydrogen-bond donors (Lipinski definition) is 1. The van der Waals surface area contributed by atoms with Crippen LogP contribution in [0.4, 0.5) is 0 Å². The summed E-state index contributed by atoms with van der Waals surface area (Å²) < 4.78 is 0. The first-order valence-electron chi connectivity index (χ1n) is 9.81. The predicted octanol–water partition coefficient (Wildman–Crippen LogP) is 4.40. The van der Waals surface area contributed by atoms with Crippen LogP contribution in [0.15, 0.2) is 10.6 Å². The third-order valence-electron chi connectivity index (χ3n) is 8.79. The van der Waals surface area contributed by atoms with Crippen LogP contribution in [0.2, 0.25) is 0 Å². The number of aliphatic hydroxyl groups is 1. The first-order chi connectivity index (χ1) is 11.6. The Morgan fingerprint density at radius 1 is 1.08 bits per heavy atom. The average molecular weight is 365 g/mol. The standard InChI is InChI=1S/C21H29ClO3/c1-12(23)21(25)11-7-15-13-4-5-16-18(22)17(24)8-9-19(16,2)14(13)6-10-20(15,21)3/h13-15,25H,4-11H2,1-3H3/t13-,14+,15+,19-,20+,21-/m1/s1. The predicted molar refractivity (Wildman–Crippen MR) is 97.1 cm³/mol. The third-order valence-corrected chi connectivity index (χ3v) is 9.23. The number of halogens is 1. The highest BCUT2D eigenvalue weighted by Crippen LogP contribution is 2.68. The Balaban J connectivity index is 1.72. The number of ketones is 2. The molecule has 4 aliphatic rings. The lowest BCUT2D eigenvalue weighted by molar-refractivity contribution is -0.160. The summed E-state index contributed by atoms with van der Waals surface area (Å²) in [6, 6.07) is 0. The Kier molecular flexibility index (Phi) is 3.84. The van der Waals surface area contributed by atoms with Crippen LogP contribution >= 0.6 is 11.6 Å². The number of fused-ring (bicyclic) bond motifs is 5. The van der Waals surface area contributed by atoms with E-state index in [1.807, 2.05) is 0 Å². The number of hydrogen-bond acceptors (Lipinski definition) is 3. The summed E-state index contributed by atoms with van der Waals surface area (Å²) in [4.78, 5) is 24.3. The maximum atomic E-state index is 12.2. The molecule has 4 rings (SSSR count). The molecule has 3 nitrogen and oxygen atoms in total. The van der Waals surface area contributed by atoms with Gasteiger partial charge in [0.05, 0.1) is 5.03 Å². The van der Waals surface area contributed by atoms with Crippen LogP contribution in [0.3, 0.4) is 0 Å². The van der Waals surface area contributed by atoms with Crippen molar-refractivity contribution in [2.24, 2.45) is 28.6 Å². The summed E-state index contributed by atoms with van der Waals surface area (Å²) in [6.45, 7) is 6.01. The number of Topliss-reactive ketones (excluding diaryl/α,β-unsaturated/α-hetero) is 2. The van der Waals surface area contributed by atoms with Gasteiger partial charge < -0.3 is 5.11 Å². The number of carbonyl (C=O) groups excluding carboxylic acids is 2. The SMILES string of the molecule is CC(=O)[C@]1(O)CC[C@H]2[C@@H]3CCC4=C(Cl)C(=O)CC[C@]4(C)[C@H]3CC[C@@]21C. The van der Waals surface area contributed by atoms with E-state index in [4.69, 9.17) is 11.6 Å². The Morgan fingerprint density at radius 3 is 2.44 bits per heavy atom. The fourth-order valence-electron chi connectivity index (χ4n) is 7.24. The fourth-order valence-corrected chi connectivity index (χ4v) is 7.65. The zero-order valence-corrected chi connectivity index (χ0v) is 16.3. The minimum atomic E-state index is -1.15. The zero-order chi connectivity index (χ0) is 18.2. The number of carbonyl (C=O) groups is 2. The molecule has 0 unspecified atom stereocenters. The lowest BCUT2D eigenvalue weighted by Gasteiger charge is -2.59. The van der Waals surface area contributed by atoms with E-state index in [0.717, 1.165) is 38.5 Å². The zero-order valence-electron chi connectivity index (χ0n) is 15.5. The highest BCUT2D eigenvalue weighted by atomic mass is 35.5. The molecule has 0 amide bonds. The van der Waals surface area contributed by atoms with Crippen molar-refractivity contribution in [2.45, 2.75) is 77.7 Å². The highest BCUT2D eigenvalue weighted by molar-refractivity contribution is 6.43. The summed E-state index contributed by atoms with van der Waals surface area (Å²) in [7, 11) is 0. The molecule has 0 saturated heterocycles. The van der Waals surface area contributed by atoms with Gasteiger partial charge in [0, 0.05) is 11.8 Å². The van der Waals surface area contributed by atoms with Crippen molar-refractivity contribution in [3.8, 4) is 0 Å². The molecule has 0 heterocycles. The normalized spacial score (nSPS) is 49.5. The van der Waals surface area contributed by atoms with Gasteiger partial charge >= 0.3 is 0 Å². The molecule has 1 N–H and O–H groups in total. The lowest BCUT2D eigenvalue weighted by Crippen LogP contribution is -2.57. The monoisotopic (exact) mass is 364 g/mol.